The summed E-state index contributed by atoms with van der Waals surface area (Å²) < 4.78 is 5.17. The molecule has 1 fully saturated rings. The molecule has 0 spiro atoms. The highest BCUT2D eigenvalue weighted by Crippen LogP contribution is 2.26. The van der Waals surface area contributed by atoms with Crippen molar-refractivity contribution in [2.24, 2.45) is 0 Å². The zero-order valence-electron chi connectivity index (χ0n) is 14.8. The molecule has 0 aromatic carbocycles. The second-order valence-corrected chi connectivity index (χ2v) is 7.36. The van der Waals surface area contributed by atoms with E-state index in [1.807, 2.05) is 4.90 Å². The van der Waals surface area contributed by atoms with Crippen LogP contribution in [0.1, 0.15) is 50.9 Å². The van der Waals surface area contributed by atoms with Crippen LogP contribution in [0.15, 0.2) is 28.9 Å². The van der Waals surface area contributed by atoms with Crippen molar-refractivity contribution >= 4 is 23.2 Å². The molecule has 1 saturated heterocycles. The molecule has 0 aliphatic carbocycles. The Bertz CT molecular complexity index is 728. The highest BCUT2D eigenvalue weighted by Gasteiger charge is 2.27. The summed E-state index contributed by atoms with van der Waals surface area (Å²) in [6.45, 7) is 6.50. The molecule has 0 N–H and O–H groups in total. The molecule has 6 heteroatoms. The molecule has 3 heterocycles. The third-order valence-corrected chi connectivity index (χ3v) is 5.78. The predicted molar refractivity (Wildman–Crippen MR) is 98.2 cm³/mol. The number of thiophene rings is 1. The Hall–Kier alpha value is -2.08. The summed E-state index contributed by atoms with van der Waals surface area (Å²) in [6.07, 6.45) is 4.59. The molecule has 134 valence electrons. The third kappa shape index (κ3) is 3.79. The van der Waals surface area contributed by atoms with Gasteiger partial charge in [0.15, 0.2) is 5.76 Å². The summed E-state index contributed by atoms with van der Waals surface area (Å²) in [5.74, 6) is 0.341. The molecule has 0 bridgehead atoms. The lowest BCUT2D eigenvalue weighted by molar-refractivity contribution is 0.0520. The average Bonchev–Trinajstić information content (AvgIpc) is 3.31. The van der Waals surface area contributed by atoms with Crippen LogP contribution >= 0.6 is 11.3 Å². The molecular formula is C19H24N2O3S. The van der Waals surface area contributed by atoms with E-state index < -0.39 is 0 Å². The standard InChI is InChI=1S/C19H24N2O3S/c1-3-6-16-14(4-2)13-17(25-16)19(23)21-10-8-20(9-11-21)18(22)15-7-5-12-24-15/h5,7,12-13H,3-4,6,8-11H2,1-2H3. The van der Waals surface area contributed by atoms with Gasteiger partial charge in [-0.25, -0.2) is 0 Å². The minimum absolute atomic E-state index is 0.0900. The second-order valence-electron chi connectivity index (χ2n) is 6.22. The van der Waals surface area contributed by atoms with E-state index in [2.05, 4.69) is 19.9 Å². The van der Waals surface area contributed by atoms with Crippen molar-refractivity contribution in [1.29, 1.82) is 0 Å². The summed E-state index contributed by atoms with van der Waals surface area (Å²) in [4.78, 5) is 30.9. The maximum atomic E-state index is 12.8. The van der Waals surface area contributed by atoms with E-state index in [0.717, 1.165) is 24.1 Å². The Morgan fingerprint density at radius 3 is 2.36 bits per heavy atom. The van der Waals surface area contributed by atoms with E-state index in [1.165, 1.54) is 16.7 Å². The van der Waals surface area contributed by atoms with Crippen LogP contribution in [0.5, 0.6) is 0 Å². The molecular weight excluding hydrogens is 336 g/mol. The molecule has 0 saturated carbocycles. The first-order chi connectivity index (χ1) is 12.1. The van der Waals surface area contributed by atoms with Gasteiger partial charge in [0.25, 0.3) is 11.8 Å². The fourth-order valence-corrected chi connectivity index (χ4v) is 4.46. The van der Waals surface area contributed by atoms with Crippen LogP contribution in [0, 0.1) is 0 Å². The van der Waals surface area contributed by atoms with E-state index in [1.54, 1.807) is 28.4 Å². The molecule has 0 unspecified atom stereocenters. The number of aryl methyl sites for hydroxylation is 2. The number of amides is 2. The van der Waals surface area contributed by atoms with E-state index in [-0.39, 0.29) is 11.8 Å². The van der Waals surface area contributed by atoms with Crippen molar-refractivity contribution in [2.45, 2.75) is 33.1 Å². The largest absolute Gasteiger partial charge is 0.459 e. The van der Waals surface area contributed by atoms with Gasteiger partial charge >= 0.3 is 0 Å². The number of rotatable bonds is 5. The Balaban J connectivity index is 1.62. The lowest BCUT2D eigenvalue weighted by atomic mass is 10.1. The van der Waals surface area contributed by atoms with Gasteiger partial charge in [0.05, 0.1) is 11.1 Å². The number of carbonyl (C=O) groups is 2. The van der Waals surface area contributed by atoms with Crippen LogP contribution in [-0.4, -0.2) is 47.8 Å². The van der Waals surface area contributed by atoms with E-state index >= 15 is 0 Å². The van der Waals surface area contributed by atoms with Crippen LogP contribution in [0.2, 0.25) is 0 Å². The van der Waals surface area contributed by atoms with Crippen LogP contribution in [-0.2, 0) is 12.8 Å². The number of nitrogens with zero attached hydrogens (tertiary/aromatic N) is 2. The molecule has 5 nitrogen and oxygen atoms in total. The molecule has 3 rings (SSSR count). The van der Waals surface area contributed by atoms with Crippen molar-refractivity contribution in [3.05, 3.63) is 45.5 Å². The number of hydrogen-bond acceptors (Lipinski definition) is 4. The fourth-order valence-electron chi connectivity index (χ4n) is 3.13. The number of furan rings is 1. The summed E-state index contributed by atoms with van der Waals surface area (Å²) in [6, 6.07) is 5.44. The van der Waals surface area contributed by atoms with Gasteiger partial charge in [-0.05, 0) is 36.6 Å². The number of hydrogen-bond donors (Lipinski definition) is 0. The first kappa shape index (κ1) is 17.7. The van der Waals surface area contributed by atoms with Gasteiger partial charge in [0, 0.05) is 31.1 Å². The highest BCUT2D eigenvalue weighted by molar-refractivity contribution is 7.14. The molecule has 1 aliphatic heterocycles. The Labute approximate surface area is 152 Å². The molecule has 2 amide bonds. The van der Waals surface area contributed by atoms with Gasteiger partial charge in [-0.15, -0.1) is 11.3 Å². The minimum atomic E-state index is -0.105. The zero-order valence-corrected chi connectivity index (χ0v) is 15.6. The summed E-state index contributed by atoms with van der Waals surface area (Å²) in [5.41, 5.74) is 1.29. The van der Waals surface area contributed by atoms with E-state index in [9.17, 15) is 9.59 Å². The quantitative estimate of drug-likeness (QED) is 0.821. The van der Waals surface area contributed by atoms with Gasteiger partial charge in [0.1, 0.15) is 0 Å². The van der Waals surface area contributed by atoms with Gasteiger partial charge < -0.3 is 14.2 Å². The first-order valence-corrected chi connectivity index (χ1v) is 9.69. The maximum absolute atomic E-state index is 12.8. The van der Waals surface area contributed by atoms with Gasteiger partial charge in [-0.2, -0.15) is 0 Å². The van der Waals surface area contributed by atoms with Crippen molar-refractivity contribution < 1.29 is 14.0 Å². The lowest BCUT2D eigenvalue weighted by Gasteiger charge is -2.34. The normalized spacial score (nSPS) is 14.8. The van der Waals surface area contributed by atoms with Crippen LogP contribution in [0.3, 0.4) is 0 Å². The molecule has 25 heavy (non-hydrogen) atoms. The van der Waals surface area contributed by atoms with Crippen molar-refractivity contribution in [2.75, 3.05) is 26.2 Å². The summed E-state index contributed by atoms with van der Waals surface area (Å²) in [7, 11) is 0. The monoisotopic (exact) mass is 360 g/mol. The SMILES string of the molecule is CCCc1sc(C(=O)N2CCN(C(=O)c3ccco3)CC2)cc1CC. The van der Waals surface area contributed by atoms with Crippen molar-refractivity contribution in [1.82, 2.24) is 9.80 Å². The van der Waals surface area contributed by atoms with Crippen molar-refractivity contribution in [3.8, 4) is 0 Å². The maximum Gasteiger partial charge on any atom is 0.289 e. The van der Waals surface area contributed by atoms with E-state index in [0.29, 0.717) is 31.9 Å². The van der Waals surface area contributed by atoms with Gasteiger partial charge in [0.2, 0.25) is 0 Å². The van der Waals surface area contributed by atoms with Crippen molar-refractivity contribution in [3.63, 3.8) is 0 Å². The predicted octanol–water partition coefficient (Wildman–Crippen LogP) is 3.45. The number of carbonyl (C=O) groups excluding carboxylic acids is 2. The lowest BCUT2D eigenvalue weighted by Crippen LogP contribution is -2.50. The van der Waals surface area contributed by atoms with Crippen LogP contribution in [0.25, 0.3) is 0 Å². The summed E-state index contributed by atoms with van der Waals surface area (Å²) >= 11 is 1.63. The average molecular weight is 360 g/mol. The molecule has 0 atom stereocenters. The van der Waals surface area contributed by atoms with Gasteiger partial charge in [-0.1, -0.05) is 20.3 Å². The first-order valence-electron chi connectivity index (χ1n) is 8.87. The highest BCUT2D eigenvalue weighted by atomic mass is 32.1. The van der Waals surface area contributed by atoms with Crippen LogP contribution < -0.4 is 0 Å². The molecule has 2 aromatic rings. The topological polar surface area (TPSA) is 53.8 Å². The third-order valence-electron chi connectivity index (χ3n) is 4.55. The Morgan fingerprint density at radius 1 is 1.12 bits per heavy atom. The Morgan fingerprint density at radius 2 is 1.80 bits per heavy atom. The minimum Gasteiger partial charge on any atom is -0.459 e. The van der Waals surface area contributed by atoms with E-state index in [4.69, 9.17) is 4.42 Å². The smallest absolute Gasteiger partial charge is 0.289 e. The number of piperazine rings is 1. The fraction of sp³-hybridized carbons (Fsp3) is 0.474. The molecule has 2 aromatic heterocycles. The Kier molecular flexibility index (Phi) is 5.58. The summed E-state index contributed by atoms with van der Waals surface area (Å²) in [5, 5.41) is 0. The zero-order chi connectivity index (χ0) is 17.8. The molecule has 0 radical (unpaired) electrons. The second kappa shape index (κ2) is 7.87. The van der Waals surface area contributed by atoms with Crippen LogP contribution in [0.4, 0.5) is 0 Å². The van der Waals surface area contributed by atoms with Gasteiger partial charge in [-0.3, -0.25) is 9.59 Å². The molecule has 1 aliphatic rings.